The van der Waals surface area contributed by atoms with Crippen LogP contribution in [0, 0.1) is 6.92 Å². The number of aromatic nitrogens is 3. The summed E-state index contributed by atoms with van der Waals surface area (Å²) in [5.41, 5.74) is 2.04. The molecule has 0 saturated heterocycles. The Kier molecular flexibility index (Phi) is 11.5. The van der Waals surface area contributed by atoms with Crippen molar-refractivity contribution in [2.45, 2.75) is 73.3 Å². The van der Waals surface area contributed by atoms with Crippen LogP contribution in [-0.4, -0.2) is 51.2 Å². The largest absolute Gasteiger partial charge is 0.373 e. The van der Waals surface area contributed by atoms with Gasteiger partial charge in [-0.25, -0.2) is 9.59 Å². The highest BCUT2D eigenvalue weighted by Crippen LogP contribution is 2.26. The zero-order valence-corrected chi connectivity index (χ0v) is 22.8. The number of benzene rings is 1. The number of carbonyl (C=O) groups excluding carboxylic acids is 2. The van der Waals surface area contributed by atoms with E-state index in [1.54, 1.807) is 4.90 Å². The second-order valence-corrected chi connectivity index (χ2v) is 9.54. The zero-order valence-electron chi connectivity index (χ0n) is 22.0. The Balaban J connectivity index is 0.000000351. The molecule has 0 aliphatic heterocycles. The molecule has 0 radical (unpaired) electrons. The standard InChI is InChI=1S/C14H20ClNO2.C10H19N5O2/c1-4-12-8-6-7-11(3)14(12)16(10-18-5-2)13(17)9-15;1-6(2)7-13-15(9(17)14(7)11)8(16)12-10(3,4)5/h6-8H,4-5,9-10H2,1-3H3;6H,11H2,1-5H3,(H,12,16). The molecule has 11 heteroatoms. The lowest BCUT2D eigenvalue weighted by Crippen LogP contribution is -2.47. The molecule has 0 aliphatic carbocycles. The first-order valence-corrected chi connectivity index (χ1v) is 12.1. The van der Waals surface area contributed by atoms with Crippen molar-refractivity contribution in [1.82, 2.24) is 19.8 Å². The predicted octanol–water partition coefficient (Wildman–Crippen LogP) is 3.36. The maximum absolute atomic E-state index is 12.0. The smallest absolute Gasteiger partial charge is 0.361 e. The van der Waals surface area contributed by atoms with Crippen molar-refractivity contribution < 1.29 is 14.3 Å². The van der Waals surface area contributed by atoms with Crippen molar-refractivity contribution in [3.63, 3.8) is 0 Å². The fourth-order valence-electron chi connectivity index (χ4n) is 3.20. The zero-order chi connectivity index (χ0) is 26.9. The third-order valence-electron chi connectivity index (χ3n) is 4.84. The van der Waals surface area contributed by atoms with Gasteiger partial charge in [0.05, 0.1) is 5.69 Å². The number of nitrogens with one attached hydrogen (secondary N) is 1. The van der Waals surface area contributed by atoms with E-state index in [4.69, 9.17) is 22.2 Å². The molecule has 0 saturated carbocycles. The molecule has 1 heterocycles. The van der Waals surface area contributed by atoms with Crippen LogP contribution in [-0.2, 0) is 16.0 Å². The number of amides is 2. The molecule has 10 nitrogen and oxygen atoms in total. The van der Waals surface area contributed by atoms with Crippen LogP contribution in [0.15, 0.2) is 23.0 Å². The minimum absolute atomic E-state index is 0.0311. The van der Waals surface area contributed by atoms with Crippen LogP contribution < -0.4 is 21.7 Å². The first kappa shape index (κ1) is 30.2. The van der Waals surface area contributed by atoms with E-state index < -0.39 is 17.3 Å². The van der Waals surface area contributed by atoms with Gasteiger partial charge in [-0.2, -0.15) is 4.68 Å². The summed E-state index contributed by atoms with van der Waals surface area (Å²) >= 11 is 5.68. The molecular weight excluding hydrogens is 472 g/mol. The number of anilines is 1. The molecule has 0 bridgehead atoms. The van der Waals surface area contributed by atoms with E-state index in [1.807, 2.05) is 66.7 Å². The summed E-state index contributed by atoms with van der Waals surface area (Å²) in [6, 6.07) is 5.45. The third-order valence-corrected chi connectivity index (χ3v) is 5.07. The van der Waals surface area contributed by atoms with Crippen molar-refractivity contribution in [2.75, 3.05) is 30.0 Å². The Hall–Kier alpha value is -2.85. The summed E-state index contributed by atoms with van der Waals surface area (Å²) in [7, 11) is 0. The van der Waals surface area contributed by atoms with Crippen LogP contribution in [0.25, 0.3) is 0 Å². The van der Waals surface area contributed by atoms with E-state index in [0.717, 1.165) is 32.6 Å². The number of nitrogens with zero attached hydrogens (tertiary/aromatic N) is 4. The number of hydrogen-bond acceptors (Lipinski definition) is 6. The molecule has 1 aromatic carbocycles. The van der Waals surface area contributed by atoms with Gasteiger partial charge in [0, 0.05) is 18.1 Å². The lowest BCUT2D eigenvalue weighted by Gasteiger charge is -2.25. The van der Waals surface area contributed by atoms with Crippen molar-refractivity contribution in [3.8, 4) is 0 Å². The van der Waals surface area contributed by atoms with E-state index in [1.165, 1.54) is 0 Å². The maximum Gasteiger partial charge on any atom is 0.373 e. The van der Waals surface area contributed by atoms with Crippen molar-refractivity contribution in [3.05, 3.63) is 45.6 Å². The van der Waals surface area contributed by atoms with E-state index in [2.05, 4.69) is 17.3 Å². The molecular formula is C24H39ClN6O4. The molecule has 1 aromatic heterocycles. The van der Waals surface area contributed by atoms with Gasteiger partial charge in [-0.15, -0.1) is 21.4 Å². The van der Waals surface area contributed by atoms with Gasteiger partial charge in [0.15, 0.2) is 5.82 Å². The lowest BCUT2D eigenvalue weighted by atomic mass is 10.0. The van der Waals surface area contributed by atoms with Crippen LogP contribution in [0.4, 0.5) is 10.5 Å². The number of carbonyl (C=O) groups is 2. The summed E-state index contributed by atoms with van der Waals surface area (Å²) in [6.45, 7) is 15.9. The Morgan fingerprint density at radius 1 is 1.26 bits per heavy atom. The summed E-state index contributed by atoms with van der Waals surface area (Å²) in [6.07, 6.45) is 0.870. The first-order chi connectivity index (χ1) is 16.3. The molecule has 0 spiro atoms. The molecule has 196 valence electrons. The van der Waals surface area contributed by atoms with Crippen LogP contribution in [0.5, 0.6) is 0 Å². The minimum Gasteiger partial charge on any atom is -0.361 e. The Bertz CT molecular complexity index is 1060. The number of hydrogen-bond donors (Lipinski definition) is 2. The van der Waals surface area contributed by atoms with Crippen LogP contribution in [0.1, 0.15) is 71.3 Å². The lowest BCUT2D eigenvalue weighted by molar-refractivity contribution is -0.117. The number of rotatable bonds is 7. The average Bonchev–Trinajstić information content (AvgIpc) is 3.08. The molecule has 2 aromatic rings. The highest BCUT2D eigenvalue weighted by Gasteiger charge is 2.22. The topological polar surface area (TPSA) is 124 Å². The van der Waals surface area contributed by atoms with Gasteiger partial charge in [-0.1, -0.05) is 39.0 Å². The molecule has 3 N–H and O–H groups in total. The fourth-order valence-corrected chi connectivity index (χ4v) is 3.34. The molecule has 0 fully saturated rings. The van der Waals surface area contributed by atoms with Gasteiger partial charge in [-0.3, -0.25) is 9.69 Å². The van der Waals surface area contributed by atoms with Crippen molar-refractivity contribution >= 4 is 29.2 Å². The average molecular weight is 511 g/mol. The Morgan fingerprint density at radius 3 is 2.34 bits per heavy atom. The first-order valence-electron chi connectivity index (χ1n) is 11.6. The van der Waals surface area contributed by atoms with Gasteiger partial charge in [0.2, 0.25) is 5.91 Å². The molecule has 2 amide bonds. The summed E-state index contributed by atoms with van der Waals surface area (Å²) in [5, 5.41) is 6.57. The number of nitrogen functional groups attached to an aromatic ring is 1. The summed E-state index contributed by atoms with van der Waals surface area (Å²) in [4.78, 5) is 37.1. The molecule has 0 atom stereocenters. The van der Waals surface area contributed by atoms with E-state index in [0.29, 0.717) is 12.4 Å². The number of nitrogens with two attached hydrogens (primary N) is 1. The van der Waals surface area contributed by atoms with Crippen LogP contribution >= 0.6 is 11.6 Å². The van der Waals surface area contributed by atoms with Crippen LogP contribution in [0.3, 0.4) is 0 Å². The quantitative estimate of drug-likeness (QED) is 0.334. The molecule has 0 aliphatic rings. The summed E-state index contributed by atoms with van der Waals surface area (Å²) < 4.78 is 7.02. The number of aryl methyl sites for hydroxylation is 2. The van der Waals surface area contributed by atoms with Gasteiger partial charge in [0.25, 0.3) is 0 Å². The SMILES string of the molecule is CC(C)c1nn(C(=O)NC(C)(C)C)c(=O)n1N.CCOCN(C(=O)CCl)c1c(C)cccc1CC. The summed E-state index contributed by atoms with van der Waals surface area (Å²) in [5.74, 6) is 5.72. The molecule has 2 rings (SSSR count). The Labute approximate surface area is 212 Å². The molecule has 0 unspecified atom stereocenters. The van der Waals surface area contributed by atoms with E-state index in [-0.39, 0.29) is 24.4 Å². The second kappa shape index (κ2) is 13.3. The van der Waals surface area contributed by atoms with Crippen molar-refractivity contribution in [1.29, 1.82) is 0 Å². The number of ether oxygens (including phenoxy) is 1. The predicted molar refractivity (Wildman–Crippen MR) is 140 cm³/mol. The number of halogens is 1. The number of para-hydroxylation sites is 1. The monoisotopic (exact) mass is 510 g/mol. The maximum atomic E-state index is 12.0. The fraction of sp³-hybridized carbons (Fsp3) is 0.583. The number of alkyl halides is 1. The molecule has 35 heavy (non-hydrogen) atoms. The highest BCUT2D eigenvalue weighted by atomic mass is 35.5. The minimum atomic E-state index is -0.643. The second-order valence-electron chi connectivity index (χ2n) is 9.27. The van der Waals surface area contributed by atoms with Gasteiger partial charge in [-0.05, 0) is 52.2 Å². The van der Waals surface area contributed by atoms with Crippen molar-refractivity contribution in [2.24, 2.45) is 0 Å². The third kappa shape index (κ3) is 8.40. The Morgan fingerprint density at radius 2 is 1.89 bits per heavy atom. The normalized spacial score (nSPS) is 11.1. The van der Waals surface area contributed by atoms with E-state index >= 15 is 0 Å². The highest BCUT2D eigenvalue weighted by molar-refractivity contribution is 6.29. The van der Waals surface area contributed by atoms with Gasteiger partial charge >= 0.3 is 11.7 Å². The van der Waals surface area contributed by atoms with E-state index in [9.17, 15) is 14.4 Å². The van der Waals surface area contributed by atoms with Gasteiger partial charge in [0.1, 0.15) is 12.6 Å². The van der Waals surface area contributed by atoms with Crippen LogP contribution in [0.2, 0.25) is 0 Å². The van der Waals surface area contributed by atoms with Gasteiger partial charge < -0.3 is 15.9 Å².